The molecule has 0 amide bonds. The Hall–Kier alpha value is -0.840. The topological polar surface area (TPSA) is 37.4 Å². The molecule has 19 heavy (non-hydrogen) atoms. The molecule has 0 aliphatic carbocycles. The van der Waals surface area contributed by atoms with Crippen LogP contribution >= 0.6 is 11.6 Å². The molecule has 2 bridgehead atoms. The first kappa shape index (κ1) is 13.2. The third-order valence-electron chi connectivity index (χ3n) is 3.85. The van der Waals surface area contributed by atoms with Gasteiger partial charge in [-0.25, -0.2) is 4.98 Å². The molecular formula is C14H20ClN3O. The van der Waals surface area contributed by atoms with Crippen molar-refractivity contribution in [1.29, 1.82) is 0 Å². The molecule has 104 valence electrons. The van der Waals surface area contributed by atoms with E-state index in [0.29, 0.717) is 12.2 Å². The summed E-state index contributed by atoms with van der Waals surface area (Å²) in [6, 6.07) is 2.11. The van der Waals surface area contributed by atoms with E-state index in [9.17, 15) is 0 Å². The Bertz CT molecular complexity index is 442. The fourth-order valence-electron chi connectivity index (χ4n) is 2.84. The average Bonchev–Trinajstić information content (AvgIpc) is 2.76. The molecule has 2 unspecified atom stereocenters. The minimum atomic E-state index is 0.383. The first-order valence-electron chi connectivity index (χ1n) is 7.02. The SMILES string of the molecule is CCNCc1cc(N2CC3CCC(C2)O3)ncc1Cl. The van der Waals surface area contributed by atoms with Gasteiger partial charge in [-0.1, -0.05) is 18.5 Å². The van der Waals surface area contributed by atoms with Crippen molar-refractivity contribution in [2.45, 2.75) is 38.5 Å². The maximum atomic E-state index is 6.19. The van der Waals surface area contributed by atoms with Crippen molar-refractivity contribution in [2.75, 3.05) is 24.5 Å². The molecular weight excluding hydrogens is 262 g/mol. The highest BCUT2D eigenvalue weighted by Crippen LogP contribution is 2.30. The fourth-order valence-corrected chi connectivity index (χ4v) is 3.01. The van der Waals surface area contributed by atoms with Crippen molar-refractivity contribution < 1.29 is 4.74 Å². The molecule has 4 nitrogen and oxygen atoms in total. The zero-order valence-corrected chi connectivity index (χ0v) is 12.0. The predicted octanol–water partition coefficient (Wildman–Crippen LogP) is 2.21. The molecule has 2 fully saturated rings. The van der Waals surface area contributed by atoms with Crippen molar-refractivity contribution in [3.63, 3.8) is 0 Å². The van der Waals surface area contributed by atoms with Crippen LogP contribution in [0.25, 0.3) is 0 Å². The lowest BCUT2D eigenvalue weighted by atomic mass is 10.2. The summed E-state index contributed by atoms with van der Waals surface area (Å²) >= 11 is 6.19. The van der Waals surface area contributed by atoms with Gasteiger partial charge in [0.1, 0.15) is 5.82 Å². The number of pyridine rings is 1. The van der Waals surface area contributed by atoms with Crippen LogP contribution in [0.3, 0.4) is 0 Å². The molecule has 0 aromatic carbocycles. The zero-order valence-electron chi connectivity index (χ0n) is 11.2. The van der Waals surface area contributed by atoms with Gasteiger partial charge in [-0.05, 0) is 31.0 Å². The summed E-state index contributed by atoms with van der Waals surface area (Å²) in [5.41, 5.74) is 1.12. The standard InChI is InChI=1S/C14H20ClN3O/c1-2-16-6-10-5-14(17-7-13(10)15)18-8-11-3-4-12(9-18)19-11/h5,7,11-12,16H,2-4,6,8-9H2,1H3. The highest BCUT2D eigenvalue weighted by molar-refractivity contribution is 6.31. The van der Waals surface area contributed by atoms with Crippen LogP contribution in [0.15, 0.2) is 12.3 Å². The Labute approximate surface area is 119 Å². The summed E-state index contributed by atoms with van der Waals surface area (Å²) < 4.78 is 5.86. The fraction of sp³-hybridized carbons (Fsp3) is 0.643. The van der Waals surface area contributed by atoms with Gasteiger partial charge in [-0.15, -0.1) is 0 Å². The first-order valence-corrected chi connectivity index (χ1v) is 7.39. The molecule has 5 heteroatoms. The summed E-state index contributed by atoms with van der Waals surface area (Å²) in [5, 5.41) is 4.05. The second-order valence-corrected chi connectivity index (χ2v) is 5.68. The Morgan fingerprint density at radius 1 is 1.42 bits per heavy atom. The second kappa shape index (κ2) is 5.65. The normalized spacial score (nSPS) is 25.9. The van der Waals surface area contributed by atoms with Crippen LogP contribution < -0.4 is 10.2 Å². The summed E-state index contributed by atoms with van der Waals surface area (Å²) in [6.07, 6.45) is 4.89. The molecule has 1 aromatic rings. The third kappa shape index (κ3) is 2.86. The van der Waals surface area contributed by atoms with E-state index in [-0.39, 0.29) is 0 Å². The van der Waals surface area contributed by atoms with Crippen LogP contribution in [0.2, 0.25) is 5.02 Å². The minimum absolute atomic E-state index is 0.383. The molecule has 0 spiro atoms. The zero-order chi connectivity index (χ0) is 13.2. The maximum absolute atomic E-state index is 6.19. The second-order valence-electron chi connectivity index (χ2n) is 5.28. The lowest BCUT2D eigenvalue weighted by Gasteiger charge is -2.33. The quantitative estimate of drug-likeness (QED) is 0.918. The number of nitrogens with zero attached hydrogens (tertiary/aromatic N) is 2. The highest BCUT2D eigenvalue weighted by atomic mass is 35.5. The largest absolute Gasteiger partial charge is 0.371 e. The van der Waals surface area contributed by atoms with E-state index in [1.54, 1.807) is 6.20 Å². The van der Waals surface area contributed by atoms with Gasteiger partial charge in [0, 0.05) is 25.8 Å². The van der Waals surface area contributed by atoms with Crippen LogP contribution in [0.4, 0.5) is 5.82 Å². The van der Waals surface area contributed by atoms with Crippen LogP contribution in [-0.2, 0) is 11.3 Å². The van der Waals surface area contributed by atoms with E-state index < -0.39 is 0 Å². The smallest absolute Gasteiger partial charge is 0.129 e. The van der Waals surface area contributed by atoms with E-state index >= 15 is 0 Å². The molecule has 0 radical (unpaired) electrons. The van der Waals surface area contributed by atoms with E-state index in [0.717, 1.165) is 42.6 Å². The van der Waals surface area contributed by atoms with Gasteiger partial charge in [0.25, 0.3) is 0 Å². The van der Waals surface area contributed by atoms with E-state index in [1.807, 2.05) is 0 Å². The Morgan fingerprint density at radius 3 is 2.84 bits per heavy atom. The monoisotopic (exact) mass is 281 g/mol. The third-order valence-corrected chi connectivity index (χ3v) is 4.19. The number of morpholine rings is 1. The number of aromatic nitrogens is 1. The molecule has 1 N–H and O–H groups in total. The summed E-state index contributed by atoms with van der Waals surface area (Å²) in [6.45, 7) is 5.73. The number of halogens is 1. The van der Waals surface area contributed by atoms with Crippen LogP contribution in [-0.4, -0.2) is 36.8 Å². The maximum Gasteiger partial charge on any atom is 0.129 e. The minimum Gasteiger partial charge on any atom is -0.371 e. The number of fused-ring (bicyclic) bond motifs is 2. The number of ether oxygens (including phenoxy) is 1. The van der Waals surface area contributed by atoms with Crippen LogP contribution in [0.1, 0.15) is 25.3 Å². The molecule has 3 heterocycles. The Morgan fingerprint density at radius 2 is 2.16 bits per heavy atom. The average molecular weight is 282 g/mol. The van der Waals surface area contributed by atoms with Gasteiger partial charge in [0.2, 0.25) is 0 Å². The Kier molecular flexibility index (Phi) is 3.91. The number of hydrogen-bond donors (Lipinski definition) is 1. The van der Waals surface area contributed by atoms with Gasteiger partial charge in [-0.3, -0.25) is 0 Å². The van der Waals surface area contributed by atoms with Crippen molar-refractivity contribution in [1.82, 2.24) is 10.3 Å². The summed E-state index contributed by atoms with van der Waals surface area (Å²) in [4.78, 5) is 6.81. The number of anilines is 1. The van der Waals surface area contributed by atoms with Crippen molar-refractivity contribution in [3.8, 4) is 0 Å². The lowest BCUT2D eigenvalue weighted by Crippen LogP contribution is -2.43. The van der Waals surface area contributed by atoms with E-state index in [1.165, 1.54) is 12.8 Å². The summed E-state index contributed by atoms with van der Waals surface area (Å²) in [5.74, 6) is 1.03. The number of nitrogens with one attached hydrogen (secondary N) is 1. The van der Waals surface area contributed by atoms with E-state index in [2.05, 4.69) is 28.2 Å². The number of rotatable bonds is 4. The van der Waals surface area contributed by atoms with Crippen LogP contribution in [0.5, 0.6) is 0 Å². The molecule has 0 saturated carbocycles. The lowest BCUT2D eigenvalue weighted by molar-refractivity contribution is 0.0302. The van der Waals surface area contributed by atoms with E-state index in [4.69, 9.17) is 16.3 Å². The van der Waals surface area contributed by atoms with Crippen molar-refractivity contribution in [2.24, 2.45) is 0 Å². The molecule has 2 atom stereocenters. The van der Waals surface area contributed by atoms with Gasteiger partial charge in [0.15, 0.2) is 0 Å². The van der Waals surface area contributed by atoms with Gasteiger partial charge in [0.05, 0.1) is 17.2 Å². The van der Waals surface area contributed by atoms with Gasteiger partial charge in [-0.2, -0.15) is 0 Å². The predicted molar refractivity (Wildman–Crippen MR) is 76.7 cm³/mol. The molecule has 2 aliphatic rings. The summed E-state index contributed by atoms with van der Waals surface area (Å²) in [7, 11) is 0. The van der Waals surface area contributed by atoms with Gasteiger partial charge >= 0.3 is 0 Å². The number of hydrogen-bond acceptors (Lipinski definition) is 4. The molecule has 2 aliphatic heterocycles. The highest BCUT2D eigenvalue weighted by Gasteiger charge is 2.34. The molecule has 3 rings (SSSR count). The van der Waals surface area contributed by atoms with Crippen molar-refractivity contribution in [3.05, 3.63) is 22.8 Å². The van der Waals surface area contributed by atoms with Crippen molar-refractivity contribution >= 4 is 17.4 Å². The molecule has 2 saturated heterocycles. The van der Waals surface area contributed by atoms with Crippen LogP contribution in [0, 0.1) is 0 Å². The first-order chi connectivity index (χ1) is 9.26. The Balaban J connectivity index is 1.77. The molecule has 1 aromatic heterocycles. The van der Waals surface area contributed by atoms with Gasteiger partial charge < -0.3 is 15.0 Å².